The van der Waals surface area contributed by atoms with Crippen LogP contribution < -0.4 is 5.32 Å². The van der Waals surface area contributed by atoms with Crippen molar-refractivity contribution in [1.82, 2.24) is 10.2 Å². The van der Waals surface area contributed by atoms with Gasteiger partial charge >= 0.3 is 0 Å². The van der Waals surface area contributed by atoms with Gasteiger partial charge in [0.1, 0.15) is 11.5 Å². The third kappa shape index (κ3) is 2.74. The van der Waals surface area contributed by atoms with Gasteiger partial charge in [0.25, 0.3) is 0 Å². The lowest BCUT2D eigenvalue weighted by Gasteiger charge is -2.05. The van der Waals surface area contributed by atoms with Crippen molar-refractivity contribution in [1.29, 1.82) is 0 Å². The Hall–Kier alpha value is -2.49. The molecule has 0 aliphatic carbocycles. The summed E-state index contributed by atoms with van der Waals surface area (Å²) in [5.41, 5.74) is 3.22. The SMILES string of the molecule is CCc1ccc(CNc2ccc(-c3ccn[nH]3)cc2)o1. The second-order valence-electron chi connectivity index (χ2n) is 4.62. The first-order chi connectivity index (χ1) is 9.85. The number of furan rings is 1. The number of hydrogen-bond donors (Lipinski definition) is 2. The Morgan fingerprint density at radius 3 is 2.50 bits per heavy atom. The molecule has 0 atom stereocenters. The van der Waals surface area contributed by atoms with Crippen molar-refractivity contribution in [3.05, 3.63) is 60.2 Å². The van der Waals surface area contributed by atoms with Gasteiger partial charge in [-0.05, 0) is 35.9 Å². The number of nitrogens with zero attached hydrogens (tertiary/aromatic N) is 1. The molecule has 2 N–H and O–H groups in total. The van der Waals surface area contributed by atoms with Crippen LogP contribution in [-0.4, -0.2) is 10.2 Å². The number of rotatable bonds is 5. The van der Waals surface area contributed by atoms with Crippen LogP contribution in [0.25, 0.3) is 11.3 Å². The Morgan fingerprint density at radius 2 is 1.85 bits per heavy atom. The Morgan fingerprint density at radius 1 is 1.05 bits per heavy atom. The largest absolute Gasteiger partial charge is 0.464 e. The molecule has 0 unspecified atom stereocenters. The van der Waals surface area contributed by atoms with Gasteiger partial charge < -0.3 is 9.73 Å². The van der Waals surface area contributed by atoms with Crippen molar-refractivity contribution < 1.29 is 4.42 Å². The third-order valence-corrected chi connectivity index (χ3v) is 3.23. The molecule has 1 aromatic carbocycles. The van der Waals surface area contributed by atoms with Crippen molar-refractivity contribution >= 4 is 5.69 Å². The molecule has 4 nitrogen and oxygen atoms in total. The van der Waals surface area contributed by atoms with E-state index in [0.29, 0.717) is 6.54 Å². The van der Waals surface area contributed by atoms with Crippen LogP contribution in [0.3, 0.4) is 0 Å². The highest BCUT2D eigenvalue weighted by atomic mass is 16.3. The van der Waals surface area contributed by atoms with E-state index >= 15 is 0 Å². The zero-order valence-corrected chi connectivity index (χ0v) is 11.4. The van der Waals surface area contributed by atoms with Crippen LogP contribution in [0, 0.1) is 0 Å². The summed E-state index contributed by atoms with van der Waals surface area (Å²) in [4.78, 5) is 0. The second kappa shape index (κ2) is 5.65. The molecular formula is C16H17N3O. The number of anilines is 1. The zero-order chi connectivity index (χ0) is 13.8. The molecule has 2 heterocycles. The number of aromatic amines is 1. The highest BCUT2D eigenvalue weighted by Gasteiger charge is 2.01. The summed E-state index contributed by atoms with van der Waals surface area (Å²) in [6.07, 6.45) is 2.68. The van der Waals surface area contributed by atoms with E-state index in [1.807, 2.05) is 18.2 Å². The van der Waals surface area contributed by atoms with Gasteiger partial charge in [-0.1, -0.05) is 19.1 Å². The minimum atomic E-state index is 0.698. The monoisotopic (exact) mass is 267 g/mol. The number of H-pyrrole nitrogens is 1. The van der Waals surface area contributed by atoms with Gasteiger partial charge in [-0.25, -0.2) is 0 Å². The molecule has 0 radical (unpaired) electrons. The zero-order valence-electron chi connectivity index (χ0n) is 11.4. The predicted molar refractivity (Wildman–Crippen MR) is 79.4 cm³/mol. The lowest BCUT2D eigenvalue weighted by molar-refractivity contribution is 0.476. The van der Waals surface area contributed by atoms with Gasteiger partial charge in [0, 0.05) is 18.3 Å². The molecular weight excluding hydrogens is 250 g/mol. The van der Waals surface area contributed by atoms with Crippen LogP contribution in [0.15, 0.2) is 53.1 Å². The number of aromatic nitrogens is 2. The molecule has 0 bridgehead atoms. The Labute approximate surface area is 117 Å². The molecule has 0 aliphatic heterocycles. The molecule has 0 aliphatic rings. The van der Waals surface area contributed by atoms with E-state index < -0.39 is 0 Å². The fraction of sp³-hybridized carbons (Fsp3) is 0.188. The minimum absolute atomic E-state index is 0.698. The van der Waals surface area contributed by atoms with Crippen LogP contribution in [0.2, 0.25) is 0 Å². The predicted octanol–water partition coefficient (Wildman–Crippen LogP) is 3.84. The molecule has 0 saturated heterocycles. The summed E-state index contributed by atoms with van der Waals surface area (Å²) in [6.45, 7) is 2.79. The average Bonchev–Trinajstić information content (AvgIpc) is 3.17. The first-order valence-electron chi connectivity index (χ1n) is 6.76. The Balaban J connectivity index is 1.63. The van der Waals surface area contributed by atoms with Gasteiger partial charge in [-0.15, -0.1) is 0 Å². The van der Waals surface area contributed by atoms with Crippen molar-refractivity contribution in [2.45, 2.75) is 19.9 Å². The van der Waals surface area contributed by atoms with Gasteiger partial charge in [0.2, 0.25) is 0 Å². The Bertz CT molecular complexity index is 653. The lowest BCUT2D eigenvalue weighted by atomic mass is 10.1. The van der Waals surface area contributed by atoms with Gasteiger partial charge in [0.05, 0.1) is 12.2 Å². The van der Waals surface area contributed by atoms with Crippen LogP contribution in [-0.2, 0) is 13.0 Å². The minimum Gasteiger partial charge on any atom is -0.464 e. The summed E-state index contributed by atoms with van der Waals surface area (Å²) in [7, 11) is 0. The lowest BCUT2D eigenvalue weighted by Crippen LogP contribution is -1.97. The quantitative estimate of drug-likeness (QED) is 0.738. The summed E-state index contributed by atoms with van der Waals surface area (Å²) in [5, 5.41) is 10.3. The van der Waals surface area contributed by atoms with Crippen molar-refractivity contribution in [3.8, 4) is 11.3 Å². The van der Waals surface area contributed by atoms with Crippen LogP contribution >= 0.6 is 0 Å². The summed E-state index contributed by atoms with van der Waals surface area (Å²) >= 11 is 0. The molecule has 0 amide bonds. The van der Waals surface area contributed by atoms with Gasteiger partial charge in [-0.3, -0.25) is 5.10 Å². The normalized spacial score (nSPS) is 10.7. The van der Waals surface area contributed by atoms with Crippen LogP contribution in [0.5, 0.6) is 0 Å². The molecule has 0 fully saturated rings. The van der Waals surface area contributed by atoms with Crippen molar-refractivity contribution in [2.24, 2.45) is 0 Å². The summed E-state index contributed by atoms with van der Waals surface area (Å²) < 4.78 is 5.66. The number of nitrogens with one attached hydrogen (secondary N) is 2. The number of hydrogen-bond acceptors (Lipinski definition) is 3. The number of benzene rings is 1. The van der Waals surface area contributed by atoms with E-state index in [0.717, 1.165) is 34.9 Å². The Kier molecular flexibility index (Phi) is 3.54. The molecule has 4 heteroatoms. The third-order valence-electron chi connectivity index (χ3n) is 3.23. The maximum Gasteiger partial charge on any atom is 0.123 e. The average molecular weight is 267 g/mol. The molecule has 2 aromatic heterocycles. The smallest absolute Gasteiger partial charge is 0.123 e. The topological polar surface area (TPSA) is 53.9 Å². The standard InChI is InChI=1S/C16H17N3O/c1-2-14-7-8-15(20-14)11-17-13-5-3-12(4-6-13)16-9-10-18-19-16/h3-10,17H,2,11H2,1H3,(H,18,19). The van der Waals surface area contributed by atoms with Crippen LogP contribution in [0.1, 0.15) is 18.4 Å². The molecule has 3 aromatic rings. The second-order valence-corrected chi connectivity index (χ2v) is 4.62. The summed E-state index contributed by atoms with van der Waals surface area (Å²) in [6, 6.07) is 14.2. The fourth-order valence-corrected chi connectivity index (χ4v) is 2.08. The first kappa shape index (κ1) is 12.5. The maximum absolute atomic E-state index is 5.66. The highest BCUT2D eigenvalue weighted by molar-refractivity contribution is 5.62. The maximum atomic E-state index is 5.66. The molecule has 3 rings (SSSR count). The van der Waals surface area contributed by atoms with Crippen molar-refractivity contribution in [3.63, 3.8) is 0 Å². The molecule has 0 spiro atoms. The van der Waals surface area contributed by atoms with E-state index in [-0.39, 0.29) is 0 Å². The van der Waals surface area contributed by atoms with E-state index in [9.17, 15) is 0 Å². The number of aryl methyl sites for hydroxylation is 1. The fourth-order valence-electron chi connectivity index (χ4n) is 2.08. The van der Waals surface area contributed by atoms with E-state index in [1.165, 1.54) is 0 Å². The van der Waals surface area contributed by atoms with Crippen LogP contribution in [0.4, 0.5) is 5.69 Å². The van der Waals surface area contributed by atoms with Crippen molar-refractivity contribution in [2.75, 3.05) is 5.32 Å². The van der Waals surface area contributed by atoms with E-state index in [4.69, 9.17) is 4.42 Å². The van der Waals surface area contributed by atoms with E-state index in [2.05, 4.69) is 46.7 Å². The highest BCUT2D eigenvalue weighted by Crippen LogP contribution is 2.19. The first-order valence-corrected chi connectivity index (χ1v) is 6.76. The van der Waals surface area contributed by atoms with Gasteiger partial charge in [0.15, 0.2) is 0 Å². The molecule has 20 heavy (non-hydrogen) atoms. The molecule has 0 saturated carbocycles. The summed E-state index contributed by atoms with van der Waals surface area (Å²) in [5.74, 6) is 1.98. The van der Waals surface area contributed by atoms with E-state index in [1.54, 1.807) is 6.20 Å². The molecule has 102 valence electrons. The van der Waals surface area contributed by atoms with Gasteiger partial charge in [-0.2, -0.15) is 5.10 Å².